The van der Waals surface area contributed by atoms with E-state index in [0.29, 0.717) is 17.9 Å². The lowest BCUT2D eigenvalue weighted by atomic mass is 10.0. The van der Waals surface area contributed by atoms with Crippen LogP contribution >= 0.6 is 0 Å². The second-order valence-corrected chi connectivity index (χ2v) is 8.15. The van der Waals surface area contributed by atoms with Gasteiger partial charge in [-0.3, -0.25) is 19.8 Å². The third-order valence-electron chi connectivity index (χ3n) is 4.94. The number of hydrazine groups is 1. The van der Waals surface area contributed by atoms with Crippen LogP contribution in [0.15, 0.2) is 72.8 Å². The lowest BCUT2D eigenvalue weighted by molar-refractivity contribution is -0.148. The van der Waals surface area contributed by atoms with Crippen LogP contribution in [0.5, 0.6) is 0 Å². The number of nitrogens with one attached hydrogen (secondary N) is 2. The van der Waals surface area contributed by atoms with Gasteiger partial charge in [-0.15, -0.1) is 0 Å². The number of carboxylic acid groups (broad SMARTS) is 1. The molecule has 35 heavy (non-hydrogen) atoms. The van der Waals surface area contributed by atoms with Crippen molar-refractivity contribution in [3.05, 3.63) is 83.9 Å². The van der Waals surface area contributed by atoms with Gasteiger partial charge in [0.15, 0.2) is 0 Å². The Morgan fingerprint density at radius 3 is 2.14 bits per heavy atom. The molecule has 2 aromatic rings. The topological polar surface area (TPSA) is 125 Å². The molecule has 0 aliphatic heterocycles. The zero-order chi connectivity index (χ0) is 25.6. The first kappa shape index (κ1) is 27.1. The third-order valence-corrected chi connectivity index (χ3v) is 4.94. The second-order valence-electron chi connectivity index (χ2n) is 8.15. The second kappa shape index (κ2) is 14.2. The van der Waals surface area contributed by atoms with Crippen LogP contribution in [-0.4, -0.2) is 46.6 Å². The number of ether oxygens (including phenoxy) is 1. The van der Waals surface area contributed by atoms with E-state index in [1.165, 1.54) is 6.08 Å². The molecule has 186 valence electrons. The highest BCUT2D eigenvalue weighted by Gasteiger charge is 2.28. The molecule has 3 N–H and O–H groups in total. The fourth-order valence-electron chi connectivity index (χ4n) is 3.11. The number of hydrogen-bond donors (Lipinski definition) is 3. The Morgan fingerprint density at radius 1 is 0.971 bits per heavy atom. The third kappa shape index (κ3) is 10.1. The molecule has 9 nitrogen and oxygen atoms in total. The highest BCUT2D eigenvalue weighted by Crippen LogP contribution is 2.06. The number of rotatable bonds is 11. The number of carbonyl (C=O) groups is 4. The molecule has 0 heterocycles. The van der Waals surface area contributed by atoms with Gasteiger partial charge in [0.05, 0.1) is 0 Å². The van der Waals surface area contributed by atoms with Crippen molar-refractivity contribution in [3.8, 4) is 0 Å². The molecule has 0 bridgehead atoms. The average molecular weight is 482 g/mol. The molecular weight excluding hydrogens is 450 g/mol. The first-order chi connectivity index (χ1) is 16.8. The van der Waals surface area contributed by atoms with Gasteiger partial charge < -0.3 is 15.2 Å². The van der Waals surface area contributed by atoms with Crippen LogP contribution < -0.4 is 10.7 Å². The van der Waals surface area contributed by atoms with Crippen molar-refractivity contribution >= 4 is 23.9 Å². The minimum absolute atomic E-state index is 0.0243. The maximum atomic E-state index is 12.8. The van der Waals surface area contributed by atoms with E-state index in [4.69, 9.17) is 4.74 Å². The van der Waals surface area contributed by atoms with Crippen LogP contribution in [0.2, 0.25) is 0 Å². The first-order valence-electron chi connectivity index (χ1n) is 11.3. The molecule has 2 aromatic carbocycles. The summed E-state index contributed by atoms with van der Waals surface area (Å²) in [6.45, 7) is 2.69. The summed E-state index contributed by atoms with van der Waals surface area (Å²) in [5.74, 6) is -3.08. The molecule has 0 aromatic heterocycles. The molecule has 0 aliphatic rings. The average Bonchev–Trinajstić information content (AvgIpc) is 2.84. The highest BCUT2D eigenvalue weighted by atomic mass is 16.5. The fourth-order valence-corrected chi connectivity index (χ4v) is 3.11. The Labute approximate surface area is 204 Å². The standard InChI is InChI=1S/C26H31N3O6/c1-19(2)24(27-26(34)35-18-21-14-7-4-8-15-21)25(33)28-29(17-23(31)32)22(30)16-10-9-13-20-11-5-3-6-12-20/h3-8,10-12,14-16,19,24H,9,13,17-18H2,1-2H3,(H,27,34)(H,28,33)(H,31,32)/b16-10+. The number of aryl methyl sites for hydroxylation is 1. The van der Waals surface area contributed by atoms with E-state index >= 15 is 0 Å². The zero-order valence-corrected chi connectivity index (χ0v) is 19.8. The van der Waals surface area contributed by atoms with E-state index < -0.39 is 36.5 Å². The number of carbonyl (C=O) groups excluding carboxylic acids is 3. The predicted octanol–water partition coefficient (Wildman–Crippen LogP) is 3.07. The van der Waals surface area contributed by atoms with Crippen molar-refractivity contribution in [2.24, 2.45) is 5.92 Å². The Hall–Kier alpha value is -4.14. The summed E-state index contributed by atoms with van der Waals surface area (Å²) < 4.78 is 5.16. The normalized spacial score (nSPS) is 11.6. The maximum Gasteiger partial charge on any atom is 0.408 e. The maximum absolute atomic E-state index is 12.8. The van der Waals surface area contributed by atoms with Crippen molar-refractivity contribution in [1.82, 2.24) is 15.8 Å². The van der Waals surface area contributed by atoms with Gasteiger partial charge in [0, 0.05) is 6.08 Å². The smallest absolute Gasteiger partial charge is 0.408 e. The number of hydrogen-bond acceptors (Lipinski definition) is 5. The summed E-state index contributed by atoms with van der Waals surface area (Å²) in [6.07, 6.45) is 3.31. The molecule has 0 radical (unpaired) electrons. The molecule has 0 fully saturated rings. The van der Waals surface area contributed by atoms with Gasteiger partial charge in [-0.2, -0.15) is 0 Å². The van der Waals surface area contributed by atoms with E-state index in [-0.39, 0.29) is 12.5 Å². The number of benzene rings is 2. The minimum Gasteiger partial charge on any atom is -0.480 e. The molecule has 0 spiro atoms. The van der Waals surface area contributed by atoms with E-state index in [9.17, 15) is 24.3 Å². The summed E-state index contributed by atoms with van der Waals surface area (Å²) in [5, 5.41) is 12.4. The van der Waals surface area contributed by atoms with Gasteiger partial charge in [-0.25, -0.2) is 9.80 Å². The summed E-state index contributed by atoms with van der Waals surface area (Å²) >= 11 is 0. The number of aliphatic carboxylic acids is 1. The first-order valence-corrected chi connectivity index (χ1v) is 11.3. The number of amides is 3. The fraction of sp³-hybridized carbons (Fsp3) is 0.308. The van der Waals surface area contributed by atoms with E-state index in [2.05, 4.69) is 10.7 Å². The number of carboxylic acids is 1. The van der Waals surface area contributed by atoms with E-state index in [0.717, 1.165) is 11.1 Å². The van der Waals surface area contributed by atoms with Gasteiger partial charge in [0.25, 0.3) is 11.8 Å². The summed E-state index contributed by atoms with van der Waals surface area (Å²) in [5.41, 5.74) is 4.19. The van der Waals surface area contributed by atoms with Crippen molar-refractivity contribution in [2.75, 3.05) is 6.54 Å². The molecule has 9 heteroatoms. The number of nitrogens with zero attached hydrogens (tertiary/aromatic N) is 1. The molecule has 3 amide bonds. The van der Waals surface area contributed by atoms with Crippen LogP contribution in [0.3, 0.4) is 0 Å². The quantitative estimate of drug-likeness (QED) is 0.335. The van der Waals surface area contributed by atoms with Crippen LogP contribution in [0.4, 0.5) is 4.79 Å². The van der Waals surface area contributed by atoms with Crippen LogP contribution in [0.25, 0.3) is 0 Å². The van der Waals surface area contributed by atoms with Gasteiger partial charge in [0.1, 0.15) is 19.2 Å². The Kier molecular flexibility index (Phi) is 11.0. The predicted molar refractivity (Wildman–Crippen MR) is 130 cm³/mol. The lowest BCUT2D eigenvalue weighted by Crippen LogP contribution is -2.56. The van der Waals surface area contributed by atoms with Crippen LogP contribution in [0, 0.1) is 5.92 Å². The van der Waals surface area contributed by atoms with Gasteiger partial charge >= 0.3 is 12.1 Å². The molecule has 0 aliphatic carbocycles. The Morgan fingerprint density at radius 2 is 1.57 bits per heavy atom. The van der Waals surface area contributed by atoms with Gasteiger partial charge in [-0.1, -0.05) is 80.6 Å². The molecule has 0 saturated carbocycles. The molecule has 2 rings (SSSR count). The Bertz CT molecular complexity index is 1010. The summed E-state index contributed by atoms with van der Waals surface area (Å²) in [6, 6.07) is 17.7. The SMILES string of the molecule is CC(C)C(NC(=O)OCc1ccccc1)C(=O)NN(CC(=O)O)C(=O)/C=C/CCc1ccccc1. The van der Waals surface area contributed by atoms with Crippen LogP contribution in [-0.2, 0) is 32.1 Å². The van der Waals surface area contributed by atoms with Crippen molar-refractivity contribution in [3.63, 3.8) is 0 Å². The number of allylic oxidation sites excluding steroid dienone is 1. The molecule has 0 saturated heterocycles. The molecule has 1 atom stereocenters. The molecular formula is C26H31N3O6. The molecule has 1 unspecified atom stereocenters. The van der Waals surface area contributed by atoms with Gasteiger partial charge in [-0.05, 0) is 29.9 Å². The summed E-state index contributed by atoms with van der Waals surface area (Å²) in [7, 11) is 0. The number of alkyl carbamates (subject to hydrolysis) is 1. The largest absolute Gasteiger partial charge is 0.480 e. The van der Waals surface area contributed by atoms with Crippen molar-refractivity contribution < 1.29 is 29.0 Å². The lowest BCUT2D eigenvalue weighted by Gasteiger charge is -2.26. The van der Waals surface area contributed by atoms with Crippen molar-refractivity contribution in [1.29, 1.82) is 0 Å². The van der Waals surface area contributed by atoms with Crippen molar-refractivity contribution in [2.45, 2.75) is 39.3 Å². The highest BCUT2D eigenvalue weighted by molar-refractivity contribution is 5.93. The summed E-state index contributed by atoms with van der Waals surface area (Å²) in [4.78, 5) is 48.8. The van der Waals surface area contributed by atoms with Gasteiger partial charge in [0.2, 0.25) is 0 Å². The van der Waals surface area contributed by atoms with E-state index in [1.54, 1.807) is 32.1 Å². The van der Waals surface area contributed by atoms with E-state index in [1.807, 2.05) is 48.5 Å². The minimum atomic E-state index is -1.30. The Balaban J connectivity index is 1.94. The zero-order valence-electron chi connectivity index (χ0n) is 19.8. The monoisotopic (exact) mass is 481 g/mol. The van der Waals surface area contributed by atoms with Crippen LogP contribution in [0.1, 0.15) is 31.4 Å².